The Bertz CT molecular complexity index is 353. The van der Waals surface area contributed by atoms with E-state index in [0.717, 1.165) is 0 Å². The Balaban J connectivity index is 2.35. The molecule has 0 saturated carbocycles. The lowest BCUT2D eigenvalue weighted by atomic mass is 10.2. The summed E-state index contributed by atoms with van der Waals surface area (Å²) in [6.45, 7) is 2.19. The predicted octanol–water partition coefficient (Wildman–Crippen LogP) is 1.72. The second kappa shape index (κ2) is 6.23. The van der Waals surface area contributed by atoms with Gasteiger partial charge in [0.2, 0.25) is 0 Å². The van der Waals surface area contributed by atoms with Crippen LogP contribution in [0.3, 0.4) is 0 Å². The summed E-state index contributed by atoms with van der Waals surface area (Å²) in [7, 11) is 0. The number of rotatable bonds is 5. The molecule has 0 bridgehead atoms. The van der Waals surface area contributed by atoms with Crippen molar-refractivity contribution in [3.05, 3.63) is 35.6 Å². The predicted molar refractivity (Wildman–Crippen MR) is 59.6 cm³/mol. The second-order valence-electron chi connectivity index (χ2n) is 3.76. The summed E-state index contributed by atoms with van der Waals surface area (Å²) < 4.78 is 12.8. The third-order valence-corrected chi connectivity index (χ3v) is 2.17. The number of benzene rings is 1. The lowest BCUT2D eigenvalue weighted by Gasteiger charge is -2.06. The van der Waals surface area contributed by atoms with Gasteiger partial charge < -0.3 is 10.4 Å². The smallest absolute Gasteiger partial charge is 0.251 e. The summed E-state index contributed by atoms with van der Waals surface area (Å²) in [6, 6.07) is 5.56. The highest BCUT2D eigenvalue weighted by atomic mass is 19.1. The van der Waals surface area contributed by atoms with Crippen molar-refractivity contribution >= 4 is 5.91 Å². The normalized spacial score (nSPS) is 12.2. The van der Waals surface area contributed by atoms with Crippen molar-refractivity contribution in [2.24, 2.45) is 0 Å². The van der Waals surface area contributed by atoms with Gasteiger partial charge in [-0.25, -0.2) is 4.39 Å². The van der Waals surface area contributed by atoms with E-state index in [-0.39, 0.29) is 12.0 Å². The third kappa shape index (κ3) is 4.40. The Morgan fingerprint density at radius 3 is 2.94 bits per heavy atom. The van der Waals surface area contributed by atoms with Gasteiger partial charge in [-0.05, 0) is 38.0 Å². The largest absolute Gasteiger partial charge is 0.393 e. The van der Waals surface area contributed by atoms with Crippen molar-refractivity contribution in [3.8, 4) is 0 Å². The van der Waals surface area contributed by atoms with E-state index in [1.807, 2.05) is 0 Å². The van der Waals surface area contributed by atoms with E-state index >= 15 is 0 Å². The fraction of sp³-hybridized carbons (Fsp3) is 0.417. The van der Waals surface area contributed by atoms with E-state index in [4.69, 9.17) is 5.11 Å². The molecule has 0 aliphatic heterocycles. The highest BCUT2D eigenvalue weighted by Gasteiger charge is 2.05. The zero-order valence-electron chi connectivity index (χ0n) is 9.24. The first kappa shape index (κ1) is 12.6. The molecule has 1 amide bonds. The maximum atomic E-state index is 12.8. The second-order valence-corrected chi connectivity index (χ2v) is 3.76. The molecule has 0 aliphatic carbocycles. The fourth-order valence-electron chi connectivity index (χ4n) is 1.33. The first-order valence-corrected chi connectivity index (χ1v) is 5.31. The molecule has 16 heavy (non-hydrogen) atoms. The fourth-order valence-corrected chi connectivity index (χ4v) is 1.33. The van der Waals surface area contributed by atoms with E-state index < -0.39 is 5.82 Å². The number of hydrogen-bond donors (Lipinski definition) is 2. The van der Waals surface area contributed by atoms with Crippen LogP contribution in [0.15, 0.2) is 24.3 Å². The van der Waals surface area contributed by atoms with Crippen molar-refractivity contribution in [1.82, 2.24) is 5.32 Å². The van der Waals surface area contributed by atoms with Crippen molar-refractivity contribution < 1.29 is 14.3 Å². The van der Waals surface area contributed by atoms with Crippen molar-refractivity contribution in [1.29, 1.82) is 0 Å². The molecule has 4 heteroatoms. The molecule has 1 aromatic carbocycles. The molecule has 0 spiro atoms. The molecule has 1 unspecified atom stereocenters. The monoisotopic (exact) mass is 225 g/mol. The first-order chi connectivity index (χ1) is 7.59. The molecule has 0 saturated heterocycles. The Morgan fingerprint density at radius 2 is 2.31 bits per heavy atom. The Labute approximate surface area is 94.3 Å². The molecular weight excluding hydrogens is 209 g/mol. The number of aliphatic hydroxyl groups is 1. The van der Waals surface area contributed by atoms with Crippen molar-refractivity contribution in [3.63, 3.8) is 0 Å². The number of nitrogens with one attached hydrogen (secondary N) is 1. The van der Waals surface area contributed by atoms with Crippen molar-refractivity contribution in [2.75, 3.05) is 6.54 Å². The highest BCUT2D eigenvalue weighted by molar-refractivity contribution is 5.94. The van der Waals surface area contributed by atoms with Crippen LogP contribution in [-0.4, -0.2) is 23.7 Å². The van der Waals surface area contributed by atoms with Gasteiger partial charge >= 0.3 is 0 Å². The number of amides is 1. The summed E-state index contributed by atoms with van der Waals surface area (Å²) in [6.07, 6.45) is 0.994. The van der Waals surface area contributed by atoms with Crippen molar-refractivity contribution in [2.45, 2.75) is 25.9 Å². The topological polar surface area (TPSA) is 49.3 Å². The van der Waals surface area contributed by atoms with Gasteiger partial charge in [0.25, 0.3) is 5.91 Å². The quantitative estimate of drug-likeness (QED) is 0.749. The van der Waals surface area contributed by atoms with Crippen LogP contribution in [0.2, 0.25) is 0 Å². The van der Waals surface area contributed by atoms with Gasteiger partial charge in [-0.1, -0.05) is 6.07 Å². The number of hydrogen-bond acceptors (Lipinski definition) is 2. The molecule has 88 valence electrons. The van der Waals surface area contributed by atoms with Crippen LogP contribution in [0.4, 0.5) is 4.39 Å². The van der Waals surface area contributed by atoms with E-state index in [1.54, 1.807) is 13.0 Å². The molecule has 1 atom stereocenters. The maximum Gasteiger partial charge on any atom is 0.251 e. The van der Waals surface area contributed by atoms with E-state index in [0.29, 0.717) is 24.9 Å². The average Bonchev–Trinajstić information content (AvgIpc) is 2.24. The van der Waals surface area contributed by atoms with Crippen LogP contribution in [0, 0.1) is 5.82 Å². The third-order valence-electron chi connectivity index (χ3n) is 2.17. The minimum Gasteiger partial charge on any atom is -0.393 e. The zero-order chi connectivity index (χ0) is 12.0. The Kier molecular flexibility index (Phi) is 4.92. The molecule has 0 radical (unpaired) electrons. The lowest BCUT2D eigenvalue weighted by Crippen LogP contribution is -2.25. The summed E-state index contributed by atoms with van der Waals surface area (Å²) in [5.74, 6) is -0.707. The summed E-state index contributed by atoms with van der Waals surface area (Å²) in [4.78, 5) is 11.5. The molecule has 1 rings (SSSR count). The number of aliphatic hydroxyl groups excluding tert-OH is 1. The van der Waals surface area contributed by atoms with E-state index in [1.165, 1.54) is 18.2 Å². The minimum absolute atomic E-state index is 0.287. The van der Waals surface area contributed by atoms with Crippen LogP contribution in [-0.2, 0) is 0 Å². The number of halogens is 1. The molecule has 0 aromatic heterocycles. The Hall–Kier alpha value is -1.42. The molecule has 1 aromatic rings. The van der Waals surface area contributed by atoms with E-state index in [9.17, 15) is 9.18 Å². The van der Waals surface area contributed by atoms with Gasteiger partial charge in [-0.2, -0.15) is 0 Å². The van der Waals surface area contributed by atoms with Gasteiger partial charge in [0.1, 0.15) is 5.82 Å². The molecule has 0 heterocycles. The van der Waals surface area contributed by atoms with Gasteiger partial charge in [0, 0.05) is 12.1 Å². The average molecular weight is 225 g/mol. The zero-order valence-corrected chi connectivity index (χ0v) is 9.24. The van der Waals surface area contributed by atoms with Crippen LogP contribution >= 0.6 is 0 Å². The molecule has 2 N–H and O–H groups in total. The van der Waals surface area contributed by atoms with Crippen LogP contribution in [0.5, 0.6) is 0 Å². The Morgan fingerprint density at radius 1 is 1.56 bits per heavy atom. The summed E-state index contributed by atoms with van der Waals surface area (Å²) in [5.41, 5.74) is 0.317. The van der Waals surface area contributed by atoms with Gasteiger partial charge in [-0.3, -0.25) is 4.79 Å². The molecule has 0 aliphatic rings. The molecule has 0 fully saturated rings. The van der Waals surface area contributed by atoms with Gasteiger partial charge in [0.15, 0.2) is 0 Å². The maximum absolute atomic E-state index is 12.8. The van der Waals surface area contributed by atoms with Gasteiger partial charge in [-0.15, -0.1) is 0 Å². The van der Waals surface area contributed by atoms with Crippen LogP contribution in [0.1, 0.15) is 30.1 Å². The number of carbonyl (C=O) groups excluding carboxylic acids is 1. The lowest BCUT2D eigenvalue weighted by molar-refractivity contribution is 0.0949. The standard InChI is InChI=1S/C12H16FNO2/c1-9(15)4-3-7-14-12(16)10-5-2-6-11(13)8-10/h2,5-6,8-9,15H,3-4,7H2,1H3,(H,14,16). The van der Waals surface area contributed by atoms with Crippen LogP contribution in [0.25, 0.3) is 0 Å². The SMILES string of the molecule is CC(O)CCCNC(=O)c1cccc(F)c1. The van der Waals surface area contributed by atoms with Crippen LogP contribution < -0.4 is 5.32 Å². The summed E-state index contributed by atoms with van der Waals surface area (Å²) >= 11 is 0. The first-order valence-electron chi connectivity index (χ1n) is 5.31. The van der Waals surface area contributed by atoms with E-state index in [2.05, 4.69) is 5.32 Å². The number of carbonyl (C=O) groups is 1. The molecular formula is C12H16FNO2. The minimum atomic E-state index is -0.420. The van der Waals surface area contributed by atoms with Gasteiger partial charge in [0.05, 0.1) is 6.10 Å². The highest BCUT2D eigenvalue weighted by Crippen LogP contribution is 2.03. The summed E-state index contributed by atoms with van der Waals surface area (Å²) in [5, 5.41) is 11.7. The molecule has 3 nitrogen and oxygen atoms in total.